The van der Waals surface area contributed by atoms with Crippen LogP contribution in [0.4, 0.5) is 5.69 Å². The third kappa shape index (κ3) is 5.07. The predicted octanol–water partition coefficient (Wildman–Crippen LogP) is 5.75. The van der Waals surface area contributed by atoms with Crippen LogP contribution in [-0.2, 0) is 4.79 Å². The van der Waals surface area contributed by atoms with Gasteiger partial charge in [0.05, 0.1) is 12.0 Å². The third-order valence-electron chi connectivity index (χ3n) is 6.79. The molecule has 0 aliphatic carbocycles. The second-order valence-electron chi connectivity index (χ2n) is 9.34. The highest BCUT2D eigenvalue weighted by Gasteiger charge is 2.48. The first-order valence-corrected chi connectivity index (χ1v) is 11.9. The molecule has 0 N–H and O–H groups in total. The van der Waals surface area contributed by atoms with Crippen molar-refractivity contribution in [3.8, 4) is 5.75 Å². The minimum absolute atomic E-state index is 0.128. The summed E-state index contributed by atoms with van der Waals surface area (Å²) in [5.41, 5.74) is 1.62. The fourth-order valence-electron chi connectivity index (χ4n) is 4.81. The predicted molar refractivity (Wildman–Crippen MR) is 127 cm³/mol. The normalized spacial score (nSPS) is 21.5. The SMILES string of the molecule is CC1(C)C(=O)N(c2ccc(OCCCN3CCCCC3)cc2)CC1c1ccc(Cl)cc1. The number of carbonyl (C=O) groups excluding carboxylic acids is 1. The van der Waals surface area contributed by atoms with E-state index >= 15 is 0 Å². The highest BCUT2D eigenvalue weighted by atomic mass is 35.5. The fraction of sp³-hybridized carbons (Fsp3) is 0.500. The van der Waals surface area contributed by atoms with Crippen LogP contribution < -0.4 is 9.64 Å². The number of rotatable bonds is 7. The van der Waals surface area contributed by atoms with E-state index in [1.165, 1.54) is 32.4 Å². The summed E-state index contributed by atoms with van der Waals surface area (Å²) in [7, 11) is 0. The van der Waals surface area contributed by atoms with Crippen molar-refractivity contribution >= 4 is 23.2 Å². The Morgan fingerprint density at radius 2 is 1.68 bits per heavy atom. The molecule has 1 amide bonds. The fourth-order valence-corrected chi connectivity index (χ4v) is 4.94. The van der Waals surface area contributed by atoms with Crippen molar-refractivity contribution in [2.24, 2.45) is 5.41 Å². The largest absolute Gasteiger partial charge is 0.494 e. The Morgan fingerprint density at radius 3 is 2.35 bits per heavy atom. The molecule has 2 heterocycles. The van der Waals surface area contributed by atoms with Crippen LogP contribution in [0, 0.1) is 5.41 Å². The summed E-state index contributed by atoms with van der Waals surface area (Å²) in [6.07, 6.45) is 5.07. The van der Waals surface area contributed by atoms with E-state index in [1.54, 1.807) is 0 Å². The molecule has 4 rings (SSSR count). The maximum Gasteiger partial charge on any atom is 0.233 e. The van der Waals surface area contributed by atoms with Crippen molar-refractivity contribution in [3.63, 3.8) is 0 Å². The molecule has 166 valence electrons. The van der Waals surface area contributed by atoms with Gasteiger partial charge in [0.25, 0.3) is 0 Å². The minimum atomic E-state index is -0.461. The molecular formula is C26H33ClN2O2. The Bertz CT molecular complexity index is 873. The molecule has 0 bridgehead atoms. The lowest BCUT2D eigenvalue weighted by Gasteiger charge is -2.26. The summed E-state index contributed by atoms with van der Waals surface area (Å²) in [6, 6.07) is 15.8. The van der Waals surface area contributed by atoms with E-state index in [1.807, 2.05) is 67.3 Å². The van der Waals surface area contributed by atoms with Crippen LogP contribution in [0.2, 0.25) is 5.02 Å². The molecule has 2 fully saturated rings. The van der Waals surface area contributed by atoms with Crippen LogP contribution in [0.5, 0.6) is 5.75 Å². The summed E-state index contributed by atoms with van der Waals surface area (Å²) >= 11 is 6.05. The molecule has 2 aromatic carbocycles. The monoisotopic (exact) mass is 440 g/mol. The molecule has 2 aliphatic rings. The van der Waals surface area contributed by atoms with Gasteiger partial charge in [-0.15, -0.1) is 0 Å². The van der Waals surface area contributed by atoms with Gasteiger partial charge in [0.15, 0.2) is 0 Å². The number of hydrogen-bond donors (Lipinski definition) is 0. The lowest BCUT2D eigenvalue weighted by molar-refractivity contribution is -0.124. The zero-order valence-electron chi connectivity index (χ0n) is 18.6. The van der Waals surface area contributed by atoms with Gasteiger partial charge in [-0.1, -0.05) is 44.0 Å². The molecular weight excluding hydrogens is 408 g/mol. The number of carbonyl (C=O) groups is 1. The number of benzene rings is 2. The van der Waals surface area contributed by atoms with Crippen LogP contribution in [-0.4, -0.2) is 43.6 Å². The Balaban J connectivity index is 1.34. The van der Waals surface area contributed by atoms with Crippen LogP contribution in [0.25, 0.3) is 0 Å². The van der Waals surface area contributed by atoms with Gasteiger partial charge < -0.3 is 14.5 Å². The van der Waals surface area contributed by atoms with E-state index in [0.29, 0.717) is 11.6 Å². The lowest BCUT2D eigenvalue weighted by atomic mass is 9.77. The lowest BCUT2D eigenvalue weighted by Crippen LogP contribution is -2.31. The number of halogens is 1. The van der Waals surface area contributed by atoms with Gasteiger partial charge >= 0.3 is 0 Å². The first-order chi connectivity index (χ1) is 14.9. The van der Waals surface area contributed by atoms with Crippen molar-refractivity contribution < 1.29 is 9.53 Å². The summed E-state index contributed by atoms with van der Waals surface area (Å²) in [5, 5.41) is 0.717. The van der Waals surface area contributed by atoms with Gasteiger partial charge in [-0.25, -0.2) is 0 Å². The Kier molecular flexibility index (Phi) is 6.88. The van der Waals surface area contributed by atoms with Crippen molar-refractivity contribution in [3.05, 3.63) is 59.1 Å². The highest BCUT2D eigenvalue weighted by molar-refractivity contribution is 6.30. The number of hydrogen-bond acceptors (Lipinski definition) is 3. The van der Waals surface area contributed by atoms with Crippen LogP contribution in [0.3, 0.4) is 0 Å². The quantitative estimate of drug-likeness (QED) is 0.514. The standard InChI is InChI=1S/C26H33ClN2O2/c1-26(2)24(20-7-9-21(27)10-8-20)19-29(25(26)30)22-11-13-23(14-12-22)31-18-6-17-28-15-4-3-5-16-28/h7-14,24H,3-6,15-19H2,1-2H3. The summed E-state index contributed by atoms with van der Waals surface area (Å²) in [4.78, 5) is 17.6. The molecule has 31 heavy (non-hydrogen) atoms. The van der Waals surface area contributed by atoms with E-state index in [9.17, 15) is 4.79 Å². The molecule has 0 radical (unpaired) electrons. The van der Waals surface area contributed by atoms with Crippen molar-refractivity contribution in [1.82, 2.24) is 4.90 Å². The van der Waals surface area contributed by atoms with E-state index in [-0.39, 0.29) is 11.8 Å². The van der Waals surface area contributed by atoms with Gasteiger partial charge in [-0.3, -0.25) is 4.79 Å². The molecule has 2 aliphatic heterocycles. The molecule has 4 nitrogen and oxygen atoms in total. The molecule has 2 aromatic rings. The van der Waals surface area contributed by atoms with Gasteiger partial charge in [0.1, 0.15) is 5.75 Å². The van der Waals surface area contributed by atoms with Crippen LogP contribution in [0.1, 0.15) is 51.0 Å². The zero-order valence-corrected chi connectivity index (χ0v) is 19.4. The topological polar surface area (TPSA) is 32.8 Å². The number of likely N-dealkylation sites (tertiary alicyclic amines) is 1. The van der Waals surface area contributed by atoms with Crippen LogP contribution >= 0.6 is 11.6 Å². The summed E-state index contributed by atoms with van der Waals surface area (Å²) < 4.78 is 5.94. The van der Waals surface area contributed by atoms with Crippen molar-refractivity contribution in [2.45, 2.75) is 45.4 Å². The van der Waals surface area contributed by atoms with Crippen LogP contribution in [0.15, 0.2) is 48.5 Å². The Hall–Kier alpha value is -2.04. The molecule has 0 saturated carbocycles. The zero-order chi connectivity index (χ0) is 21.8. The second kappa shape index (κ2) is 9.62. The number of piperidine rings is 1. The molecule has 0 aromatic heterocycles. The maximum absolute atomic E-state index is 13.2. The molecule has 1 atom stereocenters. The first-order valence-electron chi connectivity index (χ1n) is 11.5. The maximum atomic E-state index is 13.2. The first kappa shape index (κ1) is 22.2. The third-order valence-corrected chi connectivity index (χ3v) is 7.04. The van der Waals surface area contributed by atoms with E-state index in [2.05, 4.69) is 4.90 Å². The average molecular weight is 441 g/mol. The number of ether oxygens (including phenoxy) is 1. The molecule has 1 unspecified atom stereocenters. The van der Waals surface area contributed by atoms with E-state index < -0.39 is 5.41 Å². The Morgan fingerprint density at radius 1 is 1.00 bits per heavy atom. The summed E-state index contributed by atoms with van der Waals surface area (Å²) in [6.45, 7) is 9.04. The minimum Gasteiger partial charge on any atom is -0.494 e. The van der Waals surface area contributed by atoms with Gasteiger partial charge in [0, 0.05) is 29.7 Å². The van der Waals surface area contributed by atoms with Gasteiger partial charge in [-0.05, 0) is 74.3 Å². The van der Waals surface area contributed by atoms with Crippen molar-refractivity contribution in [2.75, 3.05) is 37.7 Å². The van der Waals surface area contributed by atoms with Crippen molar-refractivity contribution in [1.29, 1.82) is 0 Å². The molecule has 0 spiro atoms. The number of amides is 1. The Labute approximate surface area is 191 Å². The number of nitrogens with zero attached hydrogens (tertiary/aromatic N) is 2. The highest BCUT2D eigenvalue weighted by Crippen LogP contribution is 2.45. The molecule has 5 heteroatoms. The number of anilines is 1. The van der Waals surface area contributed by atoms with Gasteiger partial charge in [-0.2, -0.15) is 0 Å². The van der Waals surface area contributed by atoms with Gasteiger partial charge in [0.2, 0.25) is 5.91 Å². The smallest absolute Gasteiger partial charge is 0.233 e. The average Bonchev–Trinajstić information content (AvgIpc) is 3.02. The summed E-state index contributed by atoms with van der Waals surface area (Å²) in [5.74, 6) is 1.15. The second-order valence-corrected chi connectivity index (χ2v) is 9.78. The van der Waals surface area contributed by atoms with E-state index in [4.69, 9.17) is 16.3 Å². The van der Waals surface area contributed by atoms with E-state index in [0.717, 1.165) is 36.6 Å². The molecule has 2 saturated heterocycles.